The fourth-order valence-electron chi connectivity index (χ4n) is 3.29. The summed E-state index contributed by atoms with van der Waals surface area (Å²) in [6, 6.07) is 7.56. The Morgan fingerprint density at radius 3 is 2.92 bits per heavy atom. The van der Waals surface area contributed by atoms with Crippen molar-refractivity contribution in [3.63, 3.8) is 0 Å². The van der Waals surface area contributed by atoms with Crippen LogP contribution in [0.2, 0.25) is 0 Å². The van der Waals surface area contributed by atoms with Crippen LogP contribution < -0.4 is 10.1 Å². The molecule has 7 heteroatoms. The molecule has 1 N–H and O–H groups in total. The third-order valence-electron chi connectivity index (χ3n) is 4.40. The average Bonchev–Trinajstić information content (AvgIpc) is 3.07. The third kappa shape index (κ3) is 2.46. The summed E-state index contributed by atoms with van der Waals surface area (Å²) in [5, 5.41) is 15.1. The van der Waals surface area contributed by atoms with E-state index in [1.54, 1.807) is 4.68 Å². The molecule has 7 nitrogen and oxygen atoms in total. The van der Waals surface area contributed by atoms with Gasteiger partial charge in [0.1, 0.15) is 11.8 Å². The predicted molar refractivity (Wildman–Crippen MR) is 87.7 cm³/mol. The van der Waals surface area contributed by atoms with Crippen LogP contribution in [0.5, 0.6) is 5.75 Å². The van der Waals surface area contributed by atoms with E-state index in [2.05, 4.69) is 27.8 Å². The molecule has 0 fully saturated rings. The van der Waals surface area contributed by atoms with Crippen LogP contribution in [-0.2, 0) is 4.79 Å². The Labute approximate surface area is 139 Å². The number of fused-ring (bicyclic) bond motifs is 1. The van der Waals surface area contributed by atoms with Crippen LogP contribution in [-0.4, -0.2) is 32.6 Å². The monoisotopic (exact) mass is 325 g/mol. The fraction of sp³-hybridized carbons (Fsp3) is 0.412. The maximum atomic E-state index is 12.5. The molecule has 2 heterocycles. The van der Waals surface area contributed by atoms with Crippen LogP contribution >= 0.6 is 0 Å². The van der Waals surface area contributed by atoms with Crippen LogP contribution in [0.1, 0.15) is 44.2 Å². The molecule has 4 rings (SSSR count). The average molecular weight is 325 g/mol. The highest BCUT2D eigenvalue weighted by Gasteiger charge is 2.36. The van der Waals surface area contributed by atoms with Gasteiger partial charge in [-0.2, -0.15) is 4.68 Å². The van der Waals surface area contributed by atoms with Gasteiger partial charge in [0.15, 0.2) is 5.78 Å². The van der Waals surface area contributed by atoms with Gasteiger partial charge in [0.05, 0.1) is 6.61 Å². The highest BCUT2D eigenvalue weighted by atomic mass is 16.5. The lowest BCUT2D eigenvalue weighted by atomic mass is 9.85. The largest absolute Gasteiger partial charge is 0.494 e. The van der Waals surface area contributed by atoms with Crippen molar-refractivity contribution in [2.24, 2.45) is 0 Å². The number of aromatic nitrogens is 4. The smallest absolute Gasteiger partial charge is 0.248 e. The minimum atomic E-state index is -0.278. The Balaban J connectivity index is 1.74. The maximum absolute atomic E-state index is 12.5. The number of carbonyl (C=O) groups is 1. The number of benzene rings is 1. The molecule has 1 aliphatic carbocycles. The first-order valence-electron chi connectivity index (χ1n) is 8.32. The first-order chi connectivity index (χ1) is 11.8. The molecule has 0 spiro atoms. The van der Waals surface area contributed by atoms with Crippen LogP contribution in [0.4, 0.5) is 5.95 Å². The van der Waals surface area contributed by atoms with Gasteiger partial charge < -0.3 is 10.1 Å². The predicted octanol–water partition coefficient (Wildman–Crippen LogP) is 2.48. The number of ketones is 1. The second kappa shape index (κ2) is 6.07. The summed E-state index contributed by atoms with van der Waals surface area (Å²) < 4.78 is 7.33. The van der Waals surface area contributed by atoms with Crippen molar-refractivity contribution in [2.75, 3.05) is 11.9 Å². The Kier molecular flexibility index (Phi) is 3.76. The number of Topliss-reactive ketones (excluding diaryl/α,β-unsaturated/α-hetero) is 1. The number of rotatable bonds is 4. The van der Waals surface area contributed by atoms with Crippen molar-refractivity contribution in [3.8, 4) is 5.75 Å². The number of nitrogens with one attached hydrogen (secondary N) is 1. The number of anilines is 1. The lowest BCUT2D eigenvalue weighted by Crippen LogP contribution is -2.31. The second-order valence-corrected chi connectivity index (χ2v) is 6.06. The van der Waals surface area contributed by atoms with Crippen LogP contribution in [0, 0.1) is 0 Å². The first kappa shape index (κ1) is 14.9. The van der Waals surface area contributed by atoms with E-state index in [0.29, 0.717) is 19.0 Å². The number of tetrazole rings is 1. The van der Waals surface area contributed by atoms with Crippen molar-refractivity contribution in [3.05, 3.63) is 41.1 Å². The van der Waals surface area contributed by atoms with Crippen molar-refractivity contribution in [2.45, 2.75) is 38.6 Å². The van der Waals surface area contributed by atoms with Gasteiger partial charge in [-0.25, -0.2) is 0 Å². The minimum Gasteiger partial charge on any atom is -0.494 e. The molecule has 0 radical (unpaired) electrons. The maximum Gasteiger partial charge on any atom is 0.248 e. The molecule has 2 aromatic rings. The van der Waals surface area contributed by atoms with Crippen molar-refractivity contribution in [1.29, 1.82) is 0 Å². The molecule has 0 bridgehead atoms. The van der Waals surface area contributed by atoms with E-state index in [9.17, 15) is 4.79 Å². The van der Waals surface area contributed by atoms with E-state index in [4.69, 9.17) is 4.74 Å². The number of hydrogen-bond donors (Lipinski definition) is 1. The fourth-order valence-corrected chi connectivity index (χ4v) is 3.29. The van der Waals surface area contributed by atoms with Gasteiger partial charge in [-0.15, -0.1) is 0 Å². The van der Waals surface area contributed by atoms with Crippen molar-refractivity contribution >= 4 is 11.7 Å². The van der Waals surface area contributed by atoms with E-state index in [1.807, 2.05) is 24.3 Å². The Morgan fingerprint density at radius 2 is 2.12 bits per heavy atom. The summed E-state index contributed by atoms with van der Waals surface area (Å²) in [5.74, 6) is 1.58. The Morgan fingerprint density at radius 1 is 1.29 bits per heavy atom. The molecule has 2 aliphatic rings. The van der Waals surface area contributed by atoms with Gasteiger partial charge in [-0.05, 0) is 47.4 Å². The SMILES string of the molecule is CCCOc1ccc(C2C3=C(CCCC3=O)Nc3nnnn32)cc1. The van der Waals surface area contributed by atoms with Gasteiger partial charge in [0, 0.05) is 17.7 Å². The van der Waals surface area contributed by atoms with Crippen LogP contribution in [0.3, 0.4) is 0 Å². The topological polar surface area (TPSA) is 81.9 Å². The normalized spacial score (nSPS) is 19.5. The molecule has 0 saturated carbocycles. The summed E-state index contributed by atoms with van der Waals surface area (Å²) in [5.41, 5.74) is 2.71. The summed E-state index contributed by atoms with van der Waals surface area (Å²) in [4.78, 5) is 12.5. The minimum absolute atomic E-state index is 0.168. The highest BCUT2D eigenvalue weighted by Crippen LogP contribution is 2.39. The van der Waals surface area contributed by atoms with Gasteiger partial charge in [-0.3, -0.25) is 4.79 Å². The van der Waals surface area contributed by atoms with E-state index >= 15 is 0 Å². The lowest BCUT2D eigenvalue weighted by Gasteiger charge is -2.31. The molecular formula is C17H19N5O2. The third-order valence-corrected chi connectivity index (χ3v) is 4.40. The first-order valence-corrected chi connectivity index (χ1v) is 8.32. The number of nitrogens with zero attached hydrogens (tertiary/aromatic N) is 4. The molecule has 0 saturated heterocycles. The van der Waals surface area contributed by atoms with E-state index in [0.717, 1.165) is 41.8 Å². The second-order valence-electron chi connectivity index (χ2n) is 6.06. The number of carbonyl (C=O) groups excluding carboxylic acids is 1. The standard InChI is InChI=1S/C17H19N5O2/c1-2-10-24-12-8-6-11(7-9-12)16-15-13(4-3-5-14(15)23)18-17-19-20-21-22(16)17/h6-9,16H,2-5,10H2,1H3,(H,18,19,21). The highest BCUT2D eigenvalue weighted by molar-refractivity contribution is 5.99. The summed E-state index contributed by atoms with van der Waals surface area (Å²) >= 11 is 0. The van der Waals surface area contributed by atoms with Gasteiger partial charge >= 0.3 is 0 Å². The van der Waals surface area contributed by atoms with Crippen LogP contribution in [0.15, 0.2) is 35.5 Å². The van der Waals surface area contributed by atoms with E-state index < -0.39 is 0 Å². The van der Waals surface area contributed by atoms with E-state index in [-0.39, 0.29) is 11.8 Å². The number of hydrogen-bond acceptors (Lipinski definition) is 6. The number of allylic oxidation sites excluding steroid dienone is 2. The molecule has 1 aromatic carbocycles. The van der Waals surface area contributed by atoms with Crippen molar-refractivity contribution in [1.82, 2.24) is 20.2 Å². The zero-order valence-corrected chi connectivity index (χ0v) is 13.5. The van der Waals surface area contributed by atoms with Gasteiger partial charge in [0.25, 0.3) is 0 Å². The molecule has 1 aromatic heterocycles. The zero-order chi connectivity index (χ0) is 16.5. The van der Waals surface area contributed by atoms with Crippen molar-refractivity contribution < 1.29 is 9.53 Å². The Bertz CT molecular complexity index is 794. The molecule has 1 atom stereocenters. The summed E-state index contributed by atoms with van der Waals surface area (Å²) in [6.07, 6.45) is 3.26. The Hall–Kier alpha value is -2.70. The molecular weight excluding hydrogens is 306 g/mol. The van der Waals surface area contributed by atoms with Gasteiger partial charge in [0.2, 0.25) is 5.95 Å². The molecule has 0 amide bonds. The molecule has 1 aliphatic heterocycles. The molecule has 24 heavy (non-hydrogen) atoms. The lowest BCUT2D eigenvalue weighted by molar-refractivity contribution is -0.116. The molecule has 124 valence electrons. The summed E-state index contributed by atoms with van der Waals surface area (Å²) in [6.45, 7) is 2.77. The zero-order valence-electron chi connectivity index (χ0n) is 13.5. The number of ether oxygens (including phenoxy) is 1. The summed E-state index contributed by atoms with van der Waals surface area (Å²) in [7, 11) is 0. The molecule has 1 unspecified atom stereocenters. The van der Waals surface area contributed by atoms with E-state index in [1.165, 1.54) is 0 Å². The van der Waals surface area contributed by atoms with Gasteiger partial charge in [-0.1, -0.05) is 24.2 Å². The van der Waals surface area contributed by atoms with Crippen LogP contribution in [0.25, 0.3) is 0 Å². The quantitative estimate of drug-likeness (QED) is 0.930.